The molecular weight excluding hydrogens is 284 g/mol. The molecule has 116 valence electrons. The number of cyclic esters (lactones) is 1. The average Bonchev–Trinajstić information content (AvgIpc) is 2.82. The molecule has 1 aromatic carbocycles. The van der Waals surface area contributed by atoms with Crippen LogP contribution in [0.3, 0.4) is 0 Å². The first-order valence-electron chi connectivity index (χ1n) is 7.14. The fourth-order valence-electron chi connectivity index (χ4n) is 2.63. The highest BCUT2D eigenvalue weighted by molar-refractivity contribution is 5.97. The largest absolute Gasteiger partial charge is 0.497 e. The lowest BCUT2D eigenvalue weighted by Gasteiger charge is -2.19. The summed E-state index contributed by atoms with van der Waals surface area (Å²) < 4.78 is 21.7. The molecule has 5 nitrogen and oxygen atoms in total. The number of methoxy groups -OCH3 is 2. The number of fused-ring (bicyclic) bond motifs is 1. The van der Waals surface area contributed by atoms with Gasteiger partial charge in [0.25, 0.3) is 0 Å². The van der Waals surface area contributed by atoms with E-state index >= 15 is 0 Å². The summed E-state index contributed by atoms with van der Waals surface area (Å²) in [7, 11) is 3.09. The fraction of sp³-hybridized carbons (Fsp3) is 0.353. The van der Waals surface area contributed by atoms with Crippen molar-refractivity contribution in [1.29, 1.82) is 0 Å². The zero-order valence-electron chi connectivity index (χ0n) is 12.8. The van der Waals surface area contributed by atoms with E-state index < -0.39 is 12.1 Å². The third-order valence-corrected chi connectivity index (χ3v) is 3.71. The molecule has 0 aliphatic carbocycles. The number of esters is 1. The number of benzene rings is 1. The van der Waals surface area contributed by atoms with Crippen LogP contribution < -0.4 is 9.47 Å². The monoisotopic (exact) mass is 302 g/mol. The van der Waals surface area contributed by atoms with Crippen molar-refractivity contribution in [1.82, 2.24) is 0 Å². The Balaban J connectivity index is 2.01. The van der Waals surface area contributed by atoms with Crippen LogP contribution in [-0.4, -0.2) is 26.3 Å². The Morgan fingerprint density at radius 2 is 2.05 bits per heavy atom. The van der Waals surface area contributed by atoms with Crippen molar-refractivity contribution in [3.8, 4) is 11.5 Å². The van der Waals surface area contributed by atoms with Gasteiger partial charge >= 0.3 is 5.97 Å². The molecule has 5 heteroatoms. The van der Waals surface area contributed by atoms with Gasteiger partial charge in [0.2, 0.25) is 0 Å². The maximum Gasteiger partial charge on any atom is 0.343 e. The first-order chi connectivity index (χ1) is 10.6. The van der Waals surface area contributed by atoms with Crippen molar-refractivity contribution in [2.75, 3.05) is 14.2 Å². The van der Waals surface area contributed by atoms with Gasteiger partial charge in [-0.15, -0.1) is 0 Å². The second kappa shape index (κ2) is 5.75. The maximum absolute atomic E-state index is 12.1. The number of hydrogen-bond acceptors (Lipinski definition) is 5. The summed E-state index contributed by atoms with van der Waals surface area (Å²) in [5.41, 5.74) is 1.17. The van der Waals surface area contributed by atoms with E-state index in [1.165, 1.54) is 7.11 Å². The SMILES string of the molecule is COc1cc(OC)c2c(c1)C(/C=C1\C=CC[C@@H](C)O1)OC2=O. The molecule has 0 saturated carbocycles. The van der Waals surface area contributed by atoms with Crippen LogP contribution in [0, 0.1) is 0 Å². The van der Waals surface area contributed by atoms with E-state index in [1.807, 2.05) is 19.1 Å². The Morgan fingerprint density at radius 1 is 1.23 bits per heavy atom. The third kappa shape index (κ3) is 2.54. The molecular formula is C17H18O5. The second-order valence-electron chi connectivity index (χ2n) is 5.26. The predicted octanol–water partition coefficient (Wildman–Crippen LogP) is 3.16. The molecule has 3 rings (SSSR count). The third-order valence-electron chi connectivity index (χ3n) is 3.71. The molecule has 0 bridgehead atoms. The Morgan fingerprint density at radius 3 is 2.73 bits per heavy atom. The van der Waals surface area contributed by atoms with Crippen LogP contribution in [0.5, 0.6) is 11.5 Å². The Hall–Kier alpha value is -2.43. The standard InChI is InChI=1S/C17H18O5/c1-10-5-4-6-11(21-10)8-14-13-7-12(19-2)9-15(20-3)16(13)17(18)22-14/h4,6-10,14H,5H2,1-3H3/b11-8+/t10-,14?/m1/s1. The quantitative estimate of drug-likeness (QED) is 0.803. The molecule has 0 amide bonds. The van der Waals surface area contributed by atoms with Crippen LogP contribution in [0.25, 0.3) is 0 Å². The summed E-state index contributed by atoms with van der Waals surface area (Å²) in [4.78, 5) is 12.1. The van der Waals surface area contributed by atoms with Crippen LogP contribution in [0.1, 0.15) is 35.4 Å². The van der Waals surface area contributed by atoms with E-state index in [2.05, 4.69) is 0 Å². The molecule has 1 unspecified atom stereocenters. The molecule has 0 spiro atoms. The fourth-order valence-corrected chi connectivity index (χ4v) is 2.63. The molecule has 0 radical (unpaired) electrons. The molecule has 0 N–H and O–H groups in total. The van der Waals surface area contributed by atoms with Crippen LogP contribution in [0.15, 0.2) is 36.1 Å². The molecule has 0 saturated heterocycles. The lowest BCUT2D eigenvalue weighted by atomic mass is 10.0. The molecule has 1 aromatic rings. The minimum atomic E-state index is -0.503. The number of allylic oxidation sites excluding steroid dienone is 1. The highest BCUT2D eigenvalue weighted by Crippen LogP contribution is 2.41. The Labute approximate surface area is 129 Å². The Kier molecular flexibility index (Phi) is 3.79. The highest BCUT2D eigenvalue weighted by Gasteiger charge is 2.34. The van der Waals surface area contributed by atoms with Crippen molar-refractivity contribution in [2.24, 2.45) is 0 Å². The van der Waals surface area contributed by atoms with Crippen LogP contribution in [0.4, 0.5) is 0 Å². The number of carbonyl (C=O) groups excluding carboxylic acids is 1. The molecule has 0 fully saturated rings. The van der Waals surface area contributed by atoms with Gasteiger partial charge in [0, 0.05) is 24.1 Å². The normalized spacial score (nSPS) is 24.7. The average molecular weight is 302 g/mol. The maximum atomic E-state index is 12.1. The molecule has 0 aromatic heterocycles. The highest BCUT2D eigenvalue weighted by atomic mass is 16.6. The number of carbonyl (C=O) groups is 1. The number of rotatable bonds is 3. The van der Waals surface area contributed by atoms with Gasteiger partial charge in [0.05, 0.1) is 20.3 Å². The van der Waals surface area contributed by atoms with Gasteiger partial charge in [0.15, 0.2) is 6.10 Å². The minimum Gasteiger partial charge on any atom is -0.497 e. The summed E-state index contributed by atoms with van der Waals surface area (Å²) in [6.45, 7) is 2.00. The molecule has 2 heterocycles. The van der Waals surface area contributed by atoms with Crippen molar-refractivity contribution in [3.05, 3.63) is 47.2 Å². The van der Waals surface area contributed by atoms with E-state index in [1.54, 1.807) is 25.3 Å². The summed E-state index contributed by atoms with van der Waals surface area (Å²) in [5, 5.41) is 0. The Bertz CT molecular complexity index is 659. The molecule has 2 aliphatic rings. The second-order valence-corrected chi connectivity index (χ2v) is 5.26. The zero-order valence-corrected chi connectivity index (χ0v) is 12.8. The topological polar surface area (TPSA) is 54.0 Å². The van der Waals surface area contributed by atoms with E-state index in [0.717, 1.165) is 12.0 Å². The van der Waals surface area contributed by atoms with Crippen molar-refractivity contribution in [2.45, 2.75) is 25.6 Å². The van der Waals surface area contributed by atoms with Gasteiger partial charge in [-0.05, 0) is 19.1 Å². The lowest BCUT2D eigenvalue weighted by molar-refractivity contribution is 0.0454. The van der Waals surface area contributed by atoms with E-state index in [0.29, 0.717) is 22.8 Å². The van der Waals surface area contributed by atoms with Gasteiger partial charge in [-0.1, -0.05) is 6.08 Å². The van der Waals surface area contributed by atoms with Crippen LogP contribution >= 0.6 is 0 Å². The van der Waals surface area contributed by atoms with Gasteiger partial charge in [0.1, 0.15) is 22.8 Å². The first kappa shape index (κ1) is 14.5. The smallest absolute Gasteiger partial charge is 0.343 e. The van der Waals surface area contributed by atoms with Crippen molar-refractivity contribution in [3.63, 3.8) is 0 Å². The van der Waals surface area contributed by atoms with Crippen molar-refractivity contribution >= 4 is 5.97 Å². The van der Waals surface area contributed by atoms with Gasteiger partial charge < -0.3 is 18.9 Å². The molecule has 2 aliphatic heterocycles. The van der Waals surface area contributed by atoms with Gasteiger partial charge in [-0.2, -0.15) is 0 Å². The predicted molar refractivity (Wildman–Crippen MR) is 80.1 cm³/mol. The van der Waals surface area contributed by atoms with E-state index in [-0.39, 0.29) is 6.10 Å². The lowest BCUT2D eigenvalue weighted by Crippen LogP contribution is -2.10. The summed E-state index contributed by atoms with van der Waals surface area (Å²) in [6.07, 6.45) is 6.23. The zero-order chi connectivity index (χ0) is 15.7. The number of ether oxygens (including phenoxy) is 4. The first-order valence-corrected chi connectivity index (χ1v) is 7.14. The van der Waals surface area contributed by atoms with E-state index in [4.69, 9.17) is 18.9 Å². The molecule has 2 atom stereocenters. The summed E-state index contributed by atoms with van der Waals surface area (Å²) in [6, 6.07) is 3.47. The van der Waals surface area contributed by atoms with Crippen LogP contribution in [-0.2, 0) is 9.47 Å². The van der Waals surface area contributed by atoms with Gasteiger partial charge in [-0.25, -0.2) is 4.79 Å². The summed E-state index contributed by atoms with van der Waals surface area (Å²) >= 11 is 0. The number of hydrogen-bond donors (Lipinski definition) is 0. The summed E-state index contributed by atoms with van der Waals surface area (Å²) in [5.74, 6) is 1.37. The van der Waals surface area contributed by atoms with Crippen molar-refractivity contribution < 1.29 is 23.7 Å². The van der Waals surface area contributed by atoms with Gasteiger partial charge in [-0.3, -0.25) is 0 Å². The molecule has 22 heavy (non-hydrogen) atoms. The van der Waals surface area contributed by atoms with E-state index in [9.17, 15) is 4.79 Å². The van der Waals surface area contributed by atoms with Crippen LogP contribution in [0.2, 0.25) is 0 Å². The minimum absolute atomic E-state index is 0.118.